The molecule has 2 heteroatoms. The number of aromatic nitrogens is 2. The fourth-order valence-corrected chi connectivity index (χ4v) is 10.9. The summed E-state index contributed by atoms with van der Waals surface area (Å²) in [6, 6.07) is 57.8. The number of hydrogen-bond donors (Lipinski definition) is 0. The highest BCUT2D eigenvalue weighted by Gasteiger charge is 2.53. The van der Waals surface area contributed by atoms with Gasteiger partial charge in [0.2, 0.25) is 0 Å². The van der Waals surface area contributed by atoms with Gasteiger partial charge in [0.15, 0.2) is 0 Å². The molecule has 12 rings (SSSR count). The van der Waals surface area contributed by atoms with E-state index >= 15 is 0 Å². The van der Waals surface area contributed by atoms with Crippen molar-refractivity contribution in [2.75, 3.05) is 0 Å². The molecule has 0 saturated heterocycles. The van der Waals surface area contributed by atoms with Crippen LogP contribution in [-0.4, -0.2) is 9.13 Å². The van der Waals surface area contributed by atoms with Crippen molar-refractivity contribution in [1.82, 2.24) is 9.13 Å². The number of nitrogens with zero attached hydrogens (tertiary/aromatic N) is 2. The van der Waals surface area contributed by atoms with Gasteiger partial charge in [-0.05, 0) is 144 Å². The summed E-state index contributed by atoms with van der Waals surface area (Å²) < 4.78 is 5.05. The zero-order valence-electron chi connectivity index (χ0n) is 33.4. The average molecular weight is 747 g/mol. The molecule has 0 N–H and O–H groups in total. The van der Waals surface area contributed by atoms with E-state index in [0.717, 1.165) is 19.3 Å². The van der Waals surface area contributed by atoms with Gasteiger partial charge in [0.1, 0.15) is 0 Å². The quantitative estimate of drug-likeness (QED) is 0.170. The maximum Gasteiger partial charge on any atom is 0.0541 e. The molecule has 3 aliphatic carbocycles. The molecule has 7 aromatic carbocycles. The molecular weight excluding hydrogens is 701 g/mol. The number of benzene rings is 7. The van der Waals surface area contributed by atoms with Gasteiger partial charge in [-0.3, -0.25) is 0 Å². The largest absolute Gasteiger partial charge is 0.313 e. The van der Waals surface area contributed by atoms with Crippen molar-refractivity contribution in [1.29, 1.82) is 0 Å². The van der Waals surface area contributed by atoms with Gasteiger partial charge in [0, 0.05) is 38.8 Å². The van der Waals surface area contributed by atoms with E-state index in [1.54, 1.807) is 0 Å². The molecule has 0 amide bonds. The summed E-state index contributed by atoms with van der Waals surface area (Å²) in [5.74, 6) is 2.22. The van der Waals surface area contributed by atoms with Gasteiger partial charge in [0.05, 0.1) is 16.6 Å². The van der Waals surface area contributed by atoms with Crippen LogP contribution in [0.5, 0.6) is 0 Å². The Kier molecular flexibility index (Phi) is 7.45. The SMILES string of the molecule is Cc1ccc2c(c1)-c1cc(C)ccc1C1C(C2)C1c1ccc2c(c1)c1ccccc1n2-c1cccc(-n2c3c(c4cc(-c5ccccc5)ccc42)C=CC(C)CC3)c1. The van der Waals surface area contributed by atoms with E-state index in [4.69, 9.17) is 0 Å². The molecule has 2 aromatic heterocycles. The minimum Gasteiger partial charge on any atom is -0.313 e. The third-order valence-corrected chi connectivity index (χ3v) is 13.8. The lowest BCUT2D eigenvalue weighted by molar-refractivity contribution is 0.643. The third kappa shape index (κ3) is 5.17. The second kappa shape index (κ2) is 12.8. The van der Waals surface area contributed by atoms with Gasteiger partial charge in [-0.15, -0.1) is 0 Å². The third-order valence-electron chi connectivity index (χ3n) is 13.8. The fourth-order valence-electron chi connectivity index (χ4n) is 10.9. The van der Waals surface area contributed by atoms with Crippen LogP contribution < -0.4 is 0 Å². The van der Waals surface area contributed by atoms with Crippen LogP contribution >= 0.6 is 0 Å². The van der Waals surface area contributed by atoms with E-state index in [9.17, 15) is 0 Å². The predicted molar refractivity (Wildman–Crippen MR) is 244 cm³/mol. The van der Waals surface area contributed by atoms with Gasteiger partial charge in [-0.1, -0.05) is 133 Å². The molecule has 3 aliphatic rings. The molecule has 2 heterocycles. The number of fused-ring (bicyclic) bond motifs is 11. The fraction of sp³-hybridized carbons (Fsp3) is 0.179. The minimum absolute atomic E-state index is 0.516. The van der Waals surface area contributed by atoms with Gasteiger partial charge in [0.25, 0.3) is 0 Å². The van der Waals surface area contributed by atoms with Crippen LogP contribution in [0.25, 0.3) is 72.4 Å². The zero-order valence-corrected chi connectivity index (χ0v) is 33.4. The Bertz CT molecular complexity index is 3150. The van der Waals surface area contributed by atoms with E-state index in [2.05, 4.69) is 194 Å². The maximum absolute atomic E-state index is 2.55. The maximum atomic E-state index is 2.55. The molecule has 4 atom stereocenters. The summed E-state index contributed by atoms with van der Waals surface area (Å²) in [5.41, 5.74) is 21.5. The monoisotopic (exact) mass is 746 g/mol. The predicted octanol–water partition coefficient (Wildman–Crippen LogP) is 14.3. The lowest BCUT2D eigenvalue weighted by atomic mass is 9.90. The van der Waals surface area contributed by atoms with E-state index in [1.165, 1.54) is 105 Å². The van der Waals surface area contributed by atoms with E-state index in [-0.39, 0.29) is 0 Å². The second-order valence-electron chi connectivity index (χ2n) is 17.5. The molecule has 2 nitrogen and oxygen atoms in total. The highest BCUT2D eigenvalue weighted by molar-refractivity contribution is 6.09. The van der Waals surface area contributed by atoms with E-state index in [0.29, 0.717) is 23.7 Å². The first-order valence-electron chi connectivity index (χ1n) is 21.2. The Hall–Kier alpha value is -6.38. The average Bonchev–Trinajstić information content (AvgIpc) is 3.83. The van der Waals surface area contributed by atoms with Crippen molar-refractivity contribution >= 4 is 38.8 Å². The van der Waals surface area contributed by atoms with Crippen LogP contribution in [0.15, 0.2) is 158 Å². The lowest BCUT2D eigenvalue weighted by Crippen LogP contribution is -2.04. The highest BCUT2D eigenvalue weighted by atomic mass is 15.0. The molecule has 280 valence electrons. The highest BCUT2D eigenvalue weighted by Crippen LogP contribution is 2.65. The summed E-state index contributed by atoms with van der Waals surface area (Å²) in [4.78, 5) is 0. The number of hydrogen-bond acceptors (Lipinski definition) is 0. The Morgan fingerprint density at radius 1 is 0.534 bits per heavy atom. The minimum atomic E-state index is 0.516. The Labute approximate surface area is 340 Å². The first-order valence-corrected chi connectivity index (χ1v) is 21.2. The number of allylic oxidation sites excluding steroid dienone is 1. The first kappa shape index (κ1) is 33.7. The number of para-hydroxylation sites is 1. The van der Waals surface area contributed by atoms with Crippen molar-refractivity contribution in [2.45, 2.75) is 51.9 Å². The van der Waals surface area contributed by atoms with Crippen molar-refractivity contribution in [3.05, 3.63) is 197 Å². The Balaban J connectivity index is 0.980. The van der Waals surface area contributed by atoms with Crippen LogP contribution in [0.2, 0.25) is 0 Å². The molecular formula is C56H46N2. The first-order chi connectivity index (χ1) is 28.5. The van der Waals surface area contributed by atoms with Gasteiger partial charge >= 0.3 is 0 Å². The summed E-state index contributed by atoms with van der Waals surface area (Å²) >= 11 is 0. The molecule has 1 fully saturated rings. The molecule has 1 saturated carbocycles. The molecule has 0 radical (unpaired) electrons. The lowest BCUT2D eigenvalue weighted by Gasteiger charge is -2.15. The number of rotatable bonds is 4. The van der Waals surface area contributed by atoms with Gasteiger partial charge < -0.3 is 9.13 Å². The van der Waals surface area contributed by atoms with Crippen molar-refractivity contribution < 1.29 is 0 Å². The Morgan fingerprint density at radius 3 is 2.16 bits per heavy atom. The molecule has 0 bridgehead atoms. The van der Waals surface area contributed by atoms with Crippen LogP contribution in [0, 0.1) is 25.7 Å². The van der Waals surface area contributed by atoms with Gasteiger partial charge in [-0.2, -0.15) is 0 Å². The molecule has 4 unspecified atom stereocenters. The Morgan fingerprint density at radius 2 is 1.28 bits per heavy atom. The summed E-state index contributed by atoms with van der Waals surface area (Å²) in [6.45, 7) is 6.80. The van der Waals surface area contributed by atoms with E-state index < -0.39 is 0 Å². The van der Waals surface area contributed by atoms with Crippen LogP contribution in [0.4, 0.5) is 0 Å². The summed E-state index contributed by atoms with van der Waals surface area (Å²) in [7, 11) is 0. The van der Waals surface area contributed by atoms with Crippen LogP contribution in [0.1, 0.15) is 64.3 Å². The second-order valence-corrected chi connectivity index (χ2v) is 17.5. The van der Waals surface area contributed by atoms with E-state index in [1.807, 2.05) is 0 Å². The number of aryl methyl sites for hydroxylation is 2. The normalized spacial score (nSPS) is 19.4. The molecule has 0 aliphatic heterocycles. The van der Waals surface area contributed by atoms with Crippen molar-refractivity contribution in [3.8, 4) is 33.6 Å². The molecule has 58 heavy (non-hydrogen) atoms. The summed E-state index contributed by atoms with van der Waals surface area (Å²) in [6.07, 6.45) is 8.11. The molecule has 9 aromatic rings. The zero-order chi connectivity index (χ0) is 38.6. The van der Waals surface area contributed by atoms with Crippen LogP contribution in [-0.2, 0) is 12.8 Å². The summed E-state index contributed by atoms with van der Waals surface area (Å²) in [5, 5.41) is 3.98. The smallest absolute Gasteiger partial charge is 0.0541 e. The topological polar surface area (TPSA) is 9.86 Å². The van der Waals surface area contributed by atoms with Crippen molar-refractivity contribution in [3.63, 3.8) is 0 Å². The van der Waals surface area contributed by atoms with Gasteiger partial charge in [-0.25, -0.2) is 0 Å². The standard InChI is InChI=1S/C56H46N2/c1-34-17-23-44-48-30-38(37-10-5-4-6-11-37)21-26-53(48)58(52(44)25-19-34)42-13-9-12-41(33-42)57-51-15-8-7-14-43(51)49-32-40(22-27-54(49)57)55-50-31-39-20-16-35(2)28-46(39)47-29-36(3)18-24-45(47)56(50)55/h4-18,20-24,26-30,32-34,50,55-56H,19,25,31H2,1-3H3. The molecule has 0 spiro atoms. The van der Waals surface area contributed by atoms with Crippen molar-refractivity contribution in [2.24, 2.45) is 11.8 Å². The van der Waals surface area contributed by atoms with Crippen LogP contribution in [0.3, 0.4) is 0 Å².